The van der Waals surface area contributed by atoms with Crippen molar-refractivity contribution in [3.05, 3.63) is 70.9 Å². The lowest BCUT2D eigenvalue weighted by Crippen LogP contribution is -1.98. The molecule has 0 spiro atoms. The zero-order chi connectivity index (χ0) is 17.1. The number of aromatic amines is 1. The minimum atomic E-state index is 0.316. The van der Waals surface area contributed by atoms with E-state index in [9.17, 15) is 0 Å². The second kappa shape index (κ2) is 6.74. The molecule has 0 unspecified atom stereocenters. The molecule has 0 fully saturated rings. The van der Waals surface area contributed by atoms with Crippen molar-refractivity contribution in [2.45, 2.75) is 6.54 Å². The highest BCUT2D eigenvalue weighted by Gasteiger charge is 2.08. The van der Waals surface area contributed by atoms with Gasteiger partial charge in [0.05, 0.1) is 6.21 Å². The van der Waals surface area contributed by atoms with Crippen molar-refractivity contribution >= 4 is 34.7 Å². The second-order valence-electron chi connectivity index (χ2n) is 5.43. The van der Waals surface area contributed by atoms with E-state index in [-0.39, 0.29) is 0 Å². The molecule has 0 saturated heterocycles. The summed E-state index contributed by atoms with van der Waals surface area (Å²) in [7, 11) is 0. The Labute approximate surface area is 148 Å². The lowest BCUT2D eigenvalue weighted by atomic mass is 10.2. The summed E-state index contributed by atoms with van der Waals surface area (Å²) in [5, 5.41) is 19.4. The van der Waals surface area contributed by atoms with Crippen molar-refractivity contribution in [3.8, 4) is 0 Å². The molecule has 0 amide bonds. The maximum absolute atomic E-state index is 6.30. The van der Waals surface area contributed by atoms with Crippen molar-refractivity contribution in [1.29, 1.82) is 0 Å². The molecule has 2 heterocycles. The second-order valence-corrected chi connectivity index (χ2v) is 5.83. The minimum absolute atomic E-state index is 0.316. The van der Waals surface area contributed by atoms with Gasteiger partial charge in [0.2, 0.25) is 0 Å². The van der Waals surface area contributed by atoms with E-state index in [1.54, 1.807) is 6.21 Å². The first-order valence-electron chi connectivity index (χ1n) is 7.65. The highest BCUT2D eigenvalue weighted by atomic mass is 35.5. The summed E-state index contributed by atoms with van der Waals surface area (Å²) in [5.41, 5.74) is 5.90. The summed E-state index contributed by atoms with van der Waals surface area (Å²) in [6, 6.07) is 16.0. The molecular formula is C17H14ClN7. The number of para-hydroxylation sites is 1. The number of halogens is 1. The van der Waals surface area contributed by atoms with Crippen LogP contribution in [0.3, 0.4) is 0 Å². The molecule has 0 bridgehead atoms. The maximum atomic E-state index is 6.30. The van der Waals surface area contributed by atoms with Gasteiger partial charge in [0, 0.05) is 34.2 Å². The van der Waals surface area contributed by atoms with Crippen LogP contribution in [0.2, 0.25) is 5.02 Å². The first kappa shape index (κ1) is 15.3. The Morgan fingerprint density at radius 3 is 2.84 bits per heavy atom. The fraction of sp³-hybridized carbons (Fsp3) is 0.0588. The molecule has 7 nitrogen and oxygen atoms in total. The van der Waals surface area contributed by atoms with Gasteiger partial charge in [-0.2, -0.15) is 10.3 Å². The molecule has 2 aromatic carbocycles. The van der Waals surface area contributed by atoms with E-state index in [1.165, 1.54) is 0 Å². The van der Waals surface area contributed by atoms with E-state index >= 15 is 0 Å². The number of hydrogen-bond acceptors (Lipinski definition) is 5. The zero-order valence-corrected chi connectivity index (χ0v) is 13.9. The summed E-state index contributed by atoms with van der Waals surface area (Å²) >= 11 is 6.30. The van der Waals surface area contributed by atoms with Crippen LogP contribution >= 0.6 is 11.6 Å². The lowest BCUT2D eigenvalue weighted by Gasteiger charge is -2.07. The van der Waals surface area contributed by atoms with E-state index in [0.29, 0.717) is 12.5 Å². The highest BCUT2D eigenvalue weighted by molar-refractivity contribution is 6.31. The van der Waals surface area contributed by atoms with Crippen LogP contribution < -0.4 is 5.43 Å². The summed E-state index contributed by atoms with van der Waals surface area (Å²) in [5.74, 6) is 0.316. The Morgan fingerprint density at radius 2 is 2.00 bits per heavy atom. The topological polar surface area (TPSA) is 83.8 Å². The van der Waals surface area contributed by atoms with Gasteiger partial charge in [0.25, 0.3) is 5.95 Å². The molecule has 0 saturated carbocycles. The van der Waals surface area contributed by atoms with E-state index in [1.807, 2.05) is 36.4 Å². The van der Waals surface area contributed by atoms with Gasteiger partial charge in [0.1, 0.15) is 0 Å². The molecule has 4 rings (SSSR count). The average molecular weight is 352 g/mol. The predicted molar refractivity (Wildman–Crippen MR) is 97.9 cm³/mol. The molecule has 8 heteroatoms. The van der Waals surface area contributed by atoms with Crippen LogP contribution in [0, 0.1) is 0 Å². The van der Waals surface area contributed by atoms with Gasteiger partial charge in [-0.1, -0.05) is 53.1 Å². The van der Waals surface area contributed by atoms with Crippen molar-refractivity contribution < 1.29 is 0 Å². The van der Waals surface area contributed by atoms with Crippen LogP contribution in [0.15, 0.2) is 59.8 Å². The molecule has 0 aliphatic carbocycles. The third kappa shape index (κ3) is 3.22. The van der Waals surface area contributed by atoms with Crippen LogP contribution in [-0.4, -0.2) is 31.4 Å². The van der Waals surface area contributed by atoms with Crippen molar-refractivity contribution in [2.75, 3.05) is 5.43 Å². The van der Waals surface area contributed by atoms with E-state index < -0.39 is 0 Å². The number of nitrogens with one attached hydrogen (secondary N) is 2. The molecule has 0 radical (unpaired) electrons. The quantitative estimate of drug-likeness (QED) is 0.427. The molecule has 2 N–H and O–H groups in total. The number of nitrogens with zero attached hydrogens (tertiary/aromatic N) is 5. The minimum Gasteiger partial charge on any atom is -0.342 e. The van der Waals surface area contributed by atoms with Crippen LogP contribution in [0.25, 0.3) is 10.9 Å². The number of anilines is 1. The number of hydrazone groups is 1. The number of aromatic nitrogens is 5. The van der Waals surface area contributed by atoms with Crippen molar-refractivity contribution in [3.63, 3.8) is 0 Å². The van der Waals surface area contributed by atoms with Gasteiger partial charge in [-0.05, 0) is 22.9 Å². The van der Waals surface area contributed by atoms with Gasteiger partial charge in [-0.3, -0.25) is 0 Å². The predicted octanol–water partition coefficient (Wildman–Crippen LogP) is 3.30. The third-order valence-corrected chi connectivity index (χ3v) is 4.20. The monoisotopic (exact) mass is 351 g/mol. The Kier molecular flexibility index (Phi) is 4.14. The Bertz CT molecular complexity index is 1020. The zero-order valence-electron chi connectivity index (χ0n) is 13.1. The summed E-state index contributed by atoms with van der Waals surface area (Å²) in [4.78, 5) is 0. The fourth-order valence-corrected chi connectivity index (χ4v) is 2.88. The average Bonchev–Trinajstić information content (AvgIpc) is 3.26. The van der Waals surface area contributed by atoms with Crippen LogP contribution in [0.4, 0.5) is 5.95 Å². The lowest BCUT2D eigenvalue weighted by molar-refractivity contribution is 0.836. The summed E-state index contributed by atoms with van der Waals surface area (Å²) in [6.07, 6.45) is 3.79. The largest absolute Gasteiger partial charge is 0.342 e. The van der Waals surface area contributed by atoms with E-state index in [2.05, 4.69) is 54.0 Å². The van der Waals surface area contributed by atoms with Crippen molar-refractivity contribution in [1.82, 2.24) is 25.2 Å². The van der Waals surface area contributed by atoms with Gasteiger partial charge in [-0.15, -0.1) is 5.10 Å². The van der Waals surface area contributed by atoms with Gasteiger partial charge in [-0.25, -0.2) is 5.43 Å². The van der Waals surface area contributed by atoms with Gasteiger partial charge < -0.3 is 4.57 Å². The Morgan fingerprint density at radius 1 is 1.16 bits per heavy atom. The number of H-pyrrole nitrogens is 1. The van der Waals surface area contributed by atoms with Crippen LogP contribution in [0.5, 0.6) is 0 Å². The van der Waals surface area contributed by atoms with Crippen LogP contribution in [0.1, 0.15) is 11.1 Å². The van der Waals surface area contributed by atoms with Crippen LogP contribution in [-0.2, 0) is 6.54 Å². The Balaban J connectivity index is 1.66. The fourth-order valence-electron chi connectivity index (χ4n) is 2.69. The molecule has 4 aromatic rings. The number of benzene rings is 2. The SMILES string of the molecule is Clc1ccccc1Cn1cc(/C=N/Nc2nn[nH]n2)c2ccccc21. The highest BCUT2D eigenvalue weighted by Crippen LogP contribution is 2.23. The standard InChI is InChI=1S/C17H14ClN7/c18-15-7-3-1-5-12(15)10-25-11-13(14-6-2-4-8-16(14)25)9-19-20-17-21-23-24-22-17/h1-9,11H,10H2,(H2,20,21,22,23,24)/b19-9+. The van der Waals surface area contributed by atoms with Gasteiger partial charge >= 0.3 is 0 Å². The van der Waals surface area contributed by atoms with Crippen molar-refractivity contribution in [2.24, 2.45) is 5.10 Å². The third-order valence-electron chi connectivity index (χ3n) is 3.83. The summed E-state index contributed by atoms with van der Waals surface area (Å²) < 4.78 is 2.16. The van der Waals surface area contributed by atoms with E-state index in [4.69, 9.17) is 11.6 Å². The molecule has 25 heavy (non-hydrogen) atoms. The molecule has 0 aliphatic heterocycles. The first-order valence-corrected chi connectivity index (χ1v) is 8.03. The molecule has 124 valence electrons. The summed E-state index contributed by atoms with van der Waals surface area (Å²) in [6.45, 7) is 0.687. The normalized spacial score (nSPS) is 11.4. The smallest absolute Gasteiger partial charge is 0.283 e. The molecule has 0 aliphatic rings. The Hall–Kier alpha value is -3.19. The number of fused-ring (bicyclic) bond motifs is 1. The molecular weight excluding hydrogens is 338 g/mol. The number of hydrogen-bond donors (Lipinski definition) is 2. The molecule has 2 aromatic heterocycles. The number of rotatable bonds is 5. The number of tetrazole rings is 1. The first-order chi connectivity index (χ1) is 12.3. The van der Waals surface area contributed by atoms with E-state index in [0.717, 1.165) is 27.1 Å². The molecule has 0 atom stereocenters. The van der Waals surface area contributed by atoms with Gasteiger partial charge in [0.15, 0.2) is 0 Å². The maximum Gasteiger partial charge on any atom is 0.283 e.